The van der Waals surface area contributed by atoms with E-state index in [4.69, 9.17) is 9.63 Å². The van der Waals surface area contributed by atoms with Gasteiger partial charge in [0.15, 0.2) is 5.82 Å². The van der Waals surface area contributed by atoms with Crippen LogP contribution in [0.25, 0.3) is 0 Å². The van der Waals surface area contributed by atoms with Gasteiger partial charge in [-0.05, 0) is 5.41 Å². The predicted molar refractivity (Wildman–Crippen MR) is 66.3 cm³/mol. The van der Waals surface area contributed by atoms with Crippen molar-refractivity contribution < 1.29 is 19.2 Å². The highest BCUT2D eigenvalue weighted by Crippen LogP contribution is 2.26. The second kappa shape index (κ2) is 5.81. The fraction of sp³-hybridized carbons (Fsp3) is 0.667. The molecule has 1 aromatic heterocycles. The molecule has 0 saturated heterocycles. The van der Waals surface area contributed by atoms with Crippen LogP contribution < -0.4 is 5.32 Å². The molecule has 106 valence electrons. The summed E-state index contributed by atoms with van der Waals surface area (Å²) in [6.07, 6.45) is 0.402. The fourth-order valence-electron chi connectivity index (χ4n) is 1.72. The van der Waals surface area contributed by atoms with Gasteiger partial charge in [-0.3, -0.25) is 9.59 Å². The molecule has 1 rings (SSSR count). The Morgan fingerprint density at radius 3 is 2.47 bits per heavy atom. The van der Waals surface area contributed by atoms with Gasteiger partial charge in [0.1, 0.15) is 5.92 Å². The van der Waals surface area contributed by atoms with E-state index in [-0.39, 0.29) is 6.54 Å². The van der Waals surface area contributed by atoms with Crippen molar-refractivity contribution in [2.24, 2.45) is 11.3 Å². The van der Waals surface area contributed by atoms with E-state index in [0.29, 0.717) is 18.1 Å². The van der Waals surface area contributed by atoms with Crippen LogP contribution in [-0.2, 0) is 16.0 Å². The van der Waals surface area contributed by atoms with E-state index in [2.05, 4.69) is 15.5 Å². The van der Waals surface area contributed by atoms with Crippen LogP contribution in [0.1, 0.15) is 32.5 Å². The number of carboxylic acids is 1. The minimum Gasteiger partial charge on any atom is -0.481 e. The van der Waals surface area contributed by atoms with E-state index < -0.39 is 23.2 Å². The third kappa shape index (κ3) is 4.35. The maximum absolute atomic E-state index is 11.9. The van der Waals surface area contributed by atoms with E-state index >= 15 is 0 Å². The average Bonchev–Trinajstić information content (AvgIpc) is 2.61. The number of rotatable bonds is 5. The summed E-state index contributed by atoms with van der Waals surface area (Å²) in [5, 5.41) is 15.4. The summed E-state index contributed by atoms with van der Waals surface area (Å²) in [5.41, 5.74) is -0.640. The van der Waals surface area contributed by atoms with E-state index in [9.17, 15) is 9.59 Å². The Bertz CT molecular complexity index is 462. The molecule has 0 aliphatic carbocycles. The largest absolute Gasteiger partial charge is 0.481 e. The Balaban J connectivity index is 2.52. The SMILES string of the molecule is Cc1nc(CCNC(=O)C(C(=O)O)C(C)(C)C)no1. The van der Waals surface area contributed by atoms with Gasteiger partial charge in [-0.25, -0.2) is 0 Å². The second-order valence-electron chi connectivity index (χ2n) is 5.41. The standard InChI is InChI=1S/C12H19N3O4/c1-7-14-8(15-19-7)5-6-13-10(16)9(11(17)18)12(2,3)4/h9H,5-6H2,1-4H3,(H,13,16)(H,17,18). The third-order valence-electron chi connectivity index (χ3n) is 2.59. The number of aromatic nitrogens is 2. The lowest BCUT2D eigenvalue weighted by Crippen LogP contribution is -2.43. The molecule has 7 heteroatoms. The van der Waals surface area contributed by atoms with Gasteiger partial charge < -0.3 is 14.9 Å². The van der Waals surface area contributed by atoms with Crippen molar-refractivity contribution in [2.45, 2.75) is 34.1 Å². The van der Waals surface area contributed by atoms with E-state index in [1.54, 1.807) is 27.7 Å². The number of aryl methyl sites for hydroxylation is 1. The Kier molecular flexibility index (Phi) is 4.63. The molecule has 0 spiro atoms. The number of nitrogens with one attached hydrogen (secondary N) is 1. The lowest BCUT2D eigenvalue weighted by molar-refractivity contribution is -0.151. The molecule has 0 saturated carbocycles. The summed E-state index contributed by atoms with van der Waals surface area (Å²) in [6, 6.07) is 0. The molecule has 1 unspecified atom stereocenters. The summed E-state index contributed by atoms with van der Waals surface area (Å²) in [6.45, 7) is 7.10. The van der Waals surface area contributed by atoms with Crippen molar-refractivity contribution in [3.8, 4) is 0 Å². The first kappa shape index (κ1) is 15.1. The zero-order valence-corrected chi connectivity index (χ0v) is 11.6. The van der Waals surface area contributed by atoms with Gasteiger partial charge in [-0.2, -0.15) is 4.98 Å². The van der Waals surface area contributed by atoms with Crippen LogP contribution in [0.4, 0.5) is 0 Å². The van der Waals surface area contributed by atoms with E-state index in [1.807, 2.05) is 0 Å². The highest BCUT2D eigenvalue weighted by Gasteiger charge is 2.37. The first-order valence-electron chi connectivity index (χ1n) is 6.01. The normalized spacial score (nSPS) is 13.1. The molecule has 0 bridgehead atoms. The Labute approximate surface area is 111 Å². The summed E-state index contributed by atoms with van der Waals surface area (Å²) in [4.78, 5) is 27.0. The third-order valence-corrected chi connectivity index (χ3v) is 2.59. The minimum absolute atomic E-state index is 0.275. The molecule has 1 heterocycles. The summed E-state index contributed by atoms with van der Waals surface area (Å²) in [7, 11) is 0. The van der Waals surface area contributed by atoms with Crippen molar-refractivity contribution in [3.63, 3.8) is 0 Å². The number of hydrogen-bond donors (Lipinski definition) is 2. The molecule has 0 aliphatic heterocycles. The van der Waals surface area contributed by atoms with Gasteiger partial charge in [-0.1, -0.05) is 25.9 Å². The van der Waals surface area contributed by atoms with Gasteiger partial charge in [-0.15, -0.1) is 0 Å². The number of carbonyl (C=O) groups excluding carboxylic acids is 1. The maximum Gasteiger partial charge on any atom is 0.316 e. The van der Waals surface area contributed by atoms with Crippen molar-refractivity contribution in [2.75, 3.05) is 6.54 Å². The number of hydrogen-bond acceptors (Lipinski definition) is 5. The molecule has 0 aliphatic rings. The van der Waals surface area contributed by atoms with Crippen LogP contribution in [-0.4, -0.2) is 33.7 Å². The highest BCUT2D eigenvalue weighted by atomic mass is 16.5. The number of carboxylic acid groups (broad SMARTS) is 1. The lowest BCUT2D eigenvalue weighted by atomic mass is 9.80. The molecule has 1 atom stereocenters. The monoisotopic (exact) mass is 269 g/mol. The number of amides is 1. The van der Waals surface area contributed by atoms with Crippen molar-refractivity contribution >= 4 is 11.9 Å². The van der Waals surface area contributed by atoms with Crippen LogP contribution >= 0.6 is 0 Å². The number of carbonyl (C=O) groups is 2. The van der Waals surface area contributed by atoms with Crippen LogP contribution in [0.15, 0.2) is 4.52 Å². The zero-order valence-electron chi connectivity index (χ0n) is 11.6. The minimum atomic E-state index is -1.12. The van der Waals surface area contributed by atoms with Gasteiger partial charge in [0.2, 0.25) is 11.8 Å². The molecule has 1 aromatic rings. The molecular weight excluding hydrogens is 250 g/mol. The molecule has 0 fully saturated rings. The first-order chi connectivity index (χ1) is 8.71. The van der Waals surface area contributed by atoms with Gasteiger partial charge in [0.25, 0.3) is 0 Å². The maximum atomic E-state index is 11.9. The molecule has 1 amide bonds. The smallest absolute Gasteiger partial charge is 0.316 e. The molecule has 0 radical (unpaired) electrons. The van der Waals surface area contributed by atoms with E-state index in [0.717, 1.165) is 0 Å². The summed E-state index contributed by atoms with van der Waals surface area (Å²) >= 11 is 0. The van der Waals surface area contributed by atoms with Gasteiger partial charge in [0.05, 0.1) is 0 Å². The second-order valence-corrected chi connectivity index (χ2v) is 5.41. The molecule has 2 N–H and O–H groups in total. The average molecular weight is 269 g/mol. The molecule has 7 nitrogen and oxygen atoms in total. The van der Waals surface area contributed by atoms with Crippen LogP contribution in [0.3, 0.4) is 0 Å². The lowest BCUT2D eigenvalue weighted by Gasteiger charge is -2.25. The number of aliphatic carboxylic acids is 1. The Hall–Kier alpha value is -1.92. The topological polar surface area (TPSA) is 105 Å². The van der Waals surface area contributed by atoms with E-state index in [1.165, 1.54) is 0 Å². The Morgan fingerprint density at radius 2 is 2.05 bits per heavy atom. The van der Waals surface area contributed by atoms with Gasteiger partial charge in [0, 0.05) is 19.9 Å². The summed E-state index contributed by atoms with van der Waals surface area (Å²) < 4.78 is 4.79. The van der Waals surface area contributed by atoms with Crippen molar-refractivity contribution in [3.05, 3.63) is 11.7 Å². The number of nitrogens with zero attached hydrogens (tertiary/aromatic N) is 2. The molecule has 0 aromatic carbocycles. The van der Waals surface area contributed by atoms with Crippen molar-refractivity contribution in [1.29, 1.82) is 0 Å². The Morgan fingerprint density at radius 1 is 1.42 bits per heavy atom. The quantitative estimate of drug-likeness (QED) is 0.765. The van der Waals surface area contributed by atoms with Crippen molar-refractivity contribution in [1.82, 2.24) is 15.5 Å². The van der Waals surface area contributed by atoms with Crippen LogP contribution in [0, 0.1) is 18.3 Å². The predicted octanol–water partition coefficient (Wildman–Crippen LogP) is 0.784. The van der Waals surface area contributed by atoms with Crippen LogP contribution in [0.2, 0.25) is 0 Å². The zero-order chi connectivity index (χ0) is 14.6. The highest BCUT2D eigenvalue weighted by molar-refractivity contribution is 5.97. The van der Waals surface area contributed by atoms with Crippen LogP contribution in [0.5, 0.6) is 0 Å². The summed E-state index contributed by atoms with van der Waals surface area (Å²) in [5.74, 6) is -1.76. The van der Waals surface area contributed by atoms with Gasteiger partial charge >= 0.3 is 5.97 Å². The molecular formula is C12H19N3O4. The molecule has 19 heavy (non-hydrogen) atoms. The first-order valence-corrected chi connectivity index (χ1v) is 6.01. The fourth-order valence-corrected chi connectivity index (χ4v) is 1.72.